The topological polar surface area (TPSA) is 98.2 Å². The van der Waals surface area contributed by atoms with Crippen molar-refractivity contribution in [2.24, 2.45) is 7.05 Å². The molecule has 22 heavy (non-hydrogen) atoms. The third kappa shape index (κ3) is 1.82. The zero-order valence-corrected chi connectivity index (χ0v) is 12.3. The van der Waals surface area contributed by atoms with Crippen molar-refractivity contribution >= 4 is 34.4 Å². The first-order valence-electron chi connectivity index (χ1n) is 6.46. The molecule has 0 amide bonds. The van der Waals surface area contributed by atoms with Crippen LogP contribution in [0.15, 0.2) is 29.4 Å². The molecule has 2 aliphatic heterocycles. The predicted octanol–water partition coefficient (Wildman–Crippen LogP) is 1.29. The van der Waals surface area contributed by atoms with E-state index in [-0.39, 0.29) is 5.75 Å². The molecule has 1 N–H and O–H groups in total. The van der Waals surface area contributed by atoms with Gasteiger partial charge in [0.15, 0.2) is 5.82 Å². The van der Waals surface area contributed by atoms with E-state index in [1.165, 1.54) is 0 Å². The molecule has 110 valence electrons. The van der Waals surface area contributed by atoms with Crippen LogP contribution in [-0.4, -0.2) is 46.2 Å². The van der Waals surface area contributed by atoms with Gasteiger partial charge in [0.25, 0.3) is 5.78 Å². The largest absolute Gasteiger partial charge is 0.481 e. The Balaban J connectivity index is 1.99. The lowest BCUT2D eigenvalue weighted by Gasteiger charge is -2.07. The second-order valence-corrected chi connectivity index (χ2v) is 5.68. The van der Waals surface area contributed by atoms with Gasteiger partial charge in [-0.25, -0.2) is 4.98 Å². The number of thioether (sulfide) groups is 1. The average molecular weight is 314 g/mol. The molecule has 2 aromatic rings. The lowest BCUT2D eigenvalue weighted by atomic mass is 10.2. The van der Waals surface area contributed by atoms with Crippen LogP contribution in [0.25, 0.3) is 28.2 Å². The number of hydrogen-bond donors (Lipinski definition) is 1. The van der Waals surface area contributed by atoms with Crippen LogP contribution >= 0.6 is 11.8 Å². The van der Waals surface area contributed by atoms with Gasteiger partial charge in [0.1, 0.15) is 5.69 Å². The Morgan fingerprint density at radius 1 is 1.32 bits per heavy atom. The van der Waals surface area contributed by atoms with Gasteiger partial charge < -0.3 is 5.11 Å². The Labute approximate surface area is 128 Å². The van der Waals surface area contributed by atoms with Gasteiger partial charge in [-0.15, -0.1) is 10.2 Å². The van der Waals surface area contributed by atoms with E-state index in [2.05, 4.69) is 20.3 Å². The molecule has 0 radical (unpaired) electrons. The van der Waals surface area contributed by atoms with Crippen molar-refractivity contribution < 1.29 is 9.90 Å². The number of rotatable bonds is 3. The van der Waals surface area contributed by atoms with Gasteiger partial charge in [-0.1, -0.05) is 30.0 Å². The van der Waals surface area contributed by atoms with E-state index in [9.17, 15) is 4.79 Å². The van der Waals surface area contributed by atoms with Gasteiger partial charge >= 0.3 is 5.97 Å². The first-order chi connectivity index (χ1) is 10.6. The number of para-hydroxylation sites is 1. The molecule has 0 unspecified atom stereocenters. The molecule has 0 atom stereocenters. The number of carboxylic acids is 1. The number of carboxylic acid groups (broad SMARTS) is 1. The highest BCUT2D eigenvalue weighted by molar-refractivity contribution is 7.99. The minimum absolute atomic E-state index is 0.0930. The maximum Gasteiger partial charge on any atom is 0.313 e. The molecule has 0 saturated heterocycles. The van der Waals surface area contributed by atoms with E-state index in [4.69, 9.17) is 5.11 Å². The zero-order valence-electron chi connectivity index (χ0n) is 11.5. The molecule has 0 bridgehead atoms. The molecule has 0 fully saturated rings. The molecule has 1 aromatic carbocycles. The summed E-state index contributed by atoms with van der Waals surface area (Å²) in [5.74, 6) is 0.233. The number of carbonyl (C=O) groups is 1. The van der Waals surface area contributed by atoms with Crippen LogP contribution in [-0.2, 0) is 11.8 Å². The summed E-state index contributed by atoms with van der Waals surface area (Å²) < 4.78 is 3.37. The van der Waals surface area contributed by atoms with Crippen LogP contribution in [0, 0.1) is 0 Å². The number of aliphatic carboxylic acids is 1. The Hall–Kier alpha value is -2.68. The molecular weight excluding hydrogens is 304 g/mol. The van der Waals surface area contributed by atoms with Crippen LogP contribution < -0.4 is 0 Å². The summed E-state index contributed by atoms with van der Waals surface area (Å²) in [5, 5.41) is 22.8. The Bertz CT molecular complexity index is 991. The fourth-order valence-corrected chi connectivity index (χ4v) is 2.95. The van der Waals surface area contributed by atoms with E-state index in [0.29, 0.717) is 10.9 Å². The maximum atomic E-state index is 10.7. The monoisotopic (exact) mass is 314 g/mol. The van der Waals surface area contributed by atoms with Crippen molar-refractivity contribution in [3.63, 3.8) is 0 Å². The number of benzene rings is 1. The summed E-state index contributed by atoms with van der Waals surface area (Å²) in [6.07, 6.45) is 0. The maximum absolute atomic E-state index is 10.7. The molecule has 0 aliphatic carbocycles. The van der Waals surface area contributed by atoms with Crippen LogP contribution in [0.4, 0.5) is 0 Å². The molecule has 0 spiro atoms. The lowest BCUT2D eigenvalue weighted by Crippen LogP contribution is -2.09. The van der Waals surface area contributed by atoms with E-state index >= 15 is 0 Å². The molecule has 0 saturated carbocycles. The second-order valence-electron chi connectivity index (χ2n) is 4.74. The quantitative estimate of drug-likeness (QED) is 0.569. The summed E-state index contributed by atoms with van der Waals surface area (Å²) in [4.78, 5) is 15.3. The van der Waals surface area contributed by atoms with Crippen LogP contribution in [0.5, 0.6) is 0 Å². The number of aryl methyl sites for hydroxylation is 1. The SMILES string of the molecule is Cn1c2nc3ccccc3c-2nn2c(SCC(=O)O)nnc12. The van der Waals surface area contributed by atoms with Gasteiger partial charge in [-0.2, -0.15) is 9.61 Å². The molecule has 8 nitrogen and oxygen atoms in total. The Morgan fingerprint density at radius 3 is 2.95 bits per heavy atom. The number of aromatic nitrogens is 6. The van der Waals surface area contributed by atoms with Crippen molar-refractivity contribution in [2.75, 3.05) is 5.75 Å². The van der Waals surface area contributed by atoms with Crippen LogP contribution in [0.2, 0.25) is 0 Å². The van der Waals surface area contributed by atoms with Gasteiger partial charge in [-0.05, 0) is 6.07 Å². The summed E-state index contributed by atoms with van der Waals surface area (Å²) >= 11 is 1.08. The first kappa shape index (κ1) is 13.0. The third-order valence-electron chi connectivity index (χ3n) is 3.34. The molecule has 1 aromatic heterocycles. The number of nitrogens with zero attached hydrogens (tertiary/aromatic N) is 6. The fraction of sp³-hybridized carbons (Fsp3) is 0.154. The van der Waals surface area contributed by atoms with Gasteiger partial charge in [0.05, 0.1) is 11.3 Å². The molecular formula is C13H10N6O2S. The highest BCUT2D eigenvalue weighted by atomic mass is 32.2. The fourth-order valence-electron chi connectivity index (χ4n) is 2.36. The smallest absolute Gasteiger partial charge is 0.313 e. The van der Waals surface area contributed by atoms with Crippen molar-refractivity contribution in [1.29, 1.82) is 0 Å². The van der Waals surface area contributed by atoms with Crippen molar-refractivity contribution in [2.45, 2.75) is 5.16 Å². The Kier molecular flexibility index (Phi) is 2.76. The second kappa shape index (κ2) is 4.67. The Morgan fingerprint density at radius 2 is 2.14 bits per heavy atom. The summed E-state index contributed by atoms with van der Waals surface area (Å²) in [7, 11) is 1.84. The minimum atomic E-state index is -0.910. The lowest BCUT2D eigenvalue weighted by molar-refractivity contribution is -0.133. The molecule has 2 aliphatic rings. The highest BCUT2D eigenvalue weighted by Crippen LogP contribution is 2.29. The van der Waals surface area contributed by atoms with Crippen molar-refractivity contribution in [3.05, 3.63) is 24.3 Å². The van der Waals surface area contributed by atoms with E-state index in [1.807, 2.05) is 31.3 Å². The first-order valence-corrected chi connectivity index (χ1v) is 7.45. The normalized spacial score (nSPS) is 11.7. The summed E-state index contributed by atoms with van der Waals surface area (Å²) in [6, 6.07) is 7.74. The minimum Gasteiger partial charge on any atom is -0.481 e. The third-order valence-corrected chi connectivity index (χ3v) is 4.24. The van der Waals surface area contributed by atoms with Gasteiger partial charge in [0.2, 0.25) is 5.16 Å². The van der Waals surface area contributed by atoms with Gasteiger partial charge in [-0.3, -0.25) is 9.36 Å². The predicted molar refractivity (Wildman–Crippen MR) is 80.0 cm³/mol. The summed E-state index contributed by atoms with van der Waals surface area (Å²) in [6.45, 7) is 0. The van der Waals surface area contributed by atoms with Gasteiger partial charge in [0, 0.05) is 12.4 Å². The van der Waals surface area contributed by atoms with E-state index in [1.54, 1.807) is 9.08 Å². The molecule has 3 heterocycles. The molecule has 4 rings (SSSR count). The number of hydrogen-bond acceptors (Lipinski definition) is 6. The van der Waals surface area contributed by atoms with Crippen LogP contribution in [0.1, 0.15) is 0 Å². The highest BCUT2D eigenvalue weighted by Gasteiger charge is 2.21. The molecule has 9 heteroatoms. The van der Waals surface area contributed by atoms with Crippen molar-refractivity contribution in [3.8, 4) is 11.5 Å². The summed E-state index contributed by atoms with van der Waals surface area (Å²) in [5.41, 5.74) is 1.60. The standard InChI is InChI=1S/C13H10N6O2S/c1-18-11-10(7-4-2-3-5-8(7)14-11)17-19-12(18)15-16-13(19)22-6-9(20)21/h2-5H,6H2,1H3,(H,20,21). The number of fused-ring (bicyclic) bond motifs is 4. The zero-order chi connectivity index (χ0) is 15.3. The van der Waals surface area contributed by atoms with Crippen molar-refractivity contribution in [1.82, 2.24) is 29.4 Å². The van der Waals surface area contributed by atoms with Crippen LogP contribution in [0.3, 0.4) is 0 Å². The van der Waals surface area contributed by atoms with E-state index in [0.717, 1.165) is 34.2 Å². The van der Waals surface area contributed by atoms with E-state index < -0.39 is 5.97 Å². The average Bonchev–Trinajstić information content (AvgIpc) is 3.08.